The molecule has 0 saturated carbocycles. The maximum atomic E-state index is 11.8. The fraction of sp³-hybridized carbons (Fsp3) is 0.385. The van der Waals surface area contributed by atoms with Crippen LogP contribution in [0.25, 0.3) is 11.1 Å². The minimum atomic E-state index is -0.296. The lowest BCUT2D eigenvalue weighted by molar-refractivity contribution is -0.120. The van der Waals surface area contributed by atoms with E-state index in [1.165, 1.54) is 11.8 Å². The number of thioether (sulfide) groups is 1. The van der Waals surface area contributed by atoms with Crippen LogP contribution in [0.3, 0.4) is 0 Å². The van der Waals surface area contributed by atoms with E-state index in [0.29, 0.717) is 29.0 Å². The van der Waals surface area contributed by atoms with Crippen LogP contribution in [0.15, 0.2) is 27.8 Å². The molecule has 1 aromatic carbocycles. The first-order valence-corrected chi connectivity index (χ1v) is 7.35. The largest absolute Gasteiger partial charge is 0.431 e. The zero-order chi connectivity index (χ0) is 14.5. The third kappa shape index (κ3) is 3.88. The summed E-state index contributed by atoms with van der Waals surface area (Å²) in [6.07, 6.45) is 0. The van der Waals surface area contributed by atoms with Crippen molar-refractivity contribution in [2.45, 2.75) is 17.4 Å². The van der Waals surface area contributed by atoms with Crippen molar-refractivity contribution in [2.24, 2.45) is 0 Å². The highest BCUT2D eigenvalue weighted by atomic mass is 35.5. The Labute approximate surface area is 126 Å². The van der Waals surface area contributed by atoms with E-state index in [1.54, 1.807) is 32.2 Å². The molecular weight excluding hydrogens is 300 g/mol. The number of carbonyl (C=O) groups is 1. The lowest BCUT2D eigenvalue weighted by Gasteiger charge is -2.09. The molecule has 1 heterocycles. The average molecular weight is 315 g/mol. The van der Waals surface area contributed by atoms with E-state index in [9.17, 15) is 4.79 Å². The number of benzene rings is 1. The number of ether oxygens (including phenoxy) is 1. The van der Waals surface area contributed by atoms with Crippen molar-refractivity contribution >= 4 is 40.4 Å². The average Bonchev–Trinajstić information content (AvgIpc) is 2.80. The Morgan fingerprint density at radius 2 is 2.40 bits per heavy atom. The van der Waals surface area contributed by atoms with Gasteiger partial charge in [-0.15, -0.1) is 0 Å². The molecule has 0 saturated heterocycles. The molecule has 108 valence electrons. The molecule has 1 atom stereocenters. The molecule has 0 spiro atoms. The smallest absolute Gasteiger partial charge is 0.257 e. The quantitative estimate of drug-likeness (QED) is 0.656. The summed E-state index contributed by atoms with van der Waals surface area (Å²) >= 11 is 7.15. The SMILES string of the molecule is COCCNC(=O)[C@H](C)Sc1nc2ccc(Cl)cc2o1. The molecule has 0 unspecified atom stereocenters. The summed E-state index contributed by atoms with van der Waals surface area (Å²) in [4.78, 5) is 16.1. The molecule has 7 heteroatoms. The lowest BCUT2D eigenvalue weighted by Crippen LogP contribution is -2.33. The first kappa shape index (κ1) is 15.2. The molecule has 0 radical (unpaired) electrons. The molecule has 5 nitrogen and oxygen atoms in total. The van der Waals surface area contributed by atoms with Gasteiger partial charge in [0, 0.05) is 24.7 Å². The van der Waals surface area contributed by atoms with Crippen LogP contribution in [-0.2, 0) is 9.53 Å². The van der Waals surface area contributed by atoms with Crippen molar-refractivity contribution in [1.82, 2.24) is 10.3 Å². The van der Waals surface area contributed by atoms with Crippen molar-refractivity contribution in [3.05, 3.63) is 23.2 Å². The number of nitrogens with zero attached hydrogens (tertiary/aromatic N) is 1. The van der Waals surface area contributed by atoms with Crippen molar-refractivity contribution in [3.8, 4) is 0 Å². The highest BCUT2D eigenvalue weighted by Crippen LogP contribution is 2.28. The third-order valence-electron chi connectivity index (χ3n) is 2.58. The Kier molecular flexibility index (Phi) is 5.28. The lowest BCUT2D eigenvalue weighted by atomic mass is 10.3. The van der Waals surface area contributed by atoms with Gasteiger partial charge in [0.05, 0.1) is 11.9 Å². The zero-order valence-electron chi connectivity index (χ0n) is 11.2. The number of carbonyl (C=O) groups excluding carboxylic acids is 1. The normalized spacial score (nSPS) is 12.6. The van der Waals surface area contributed by atoms with Crippen LogP contribution in [0.1, 0.15) is 6.92 Å². The van der Waals surface area contributed by atoms with E-state index >= 15 is 0 Å². The van der Waals surface area contributed by atoms with Crippen LogP contribution >= 0.6 is 23.4 Å². The fourth-order valence-corrected chi connectivity index (χ4v) is 2.50. The van der Waals surface area contributed by atoms with Gasteiger partial charge in [-0.1, -0.05) is 23.4 Å². The van der Waals surface area contributed by atoms with Gasteiger partial charge in [-0.05, 0) is 19.1 Å². The van der Waals surface area contributed by atoms with Gasteiger partial charge in [0.25, 0.3) is 5.22 Å². The van der Waals surface area contributed by atoms with Crippen LogP contribution < -0.4 is 5.32 Å². The molecule has 0 aliphatic carbocycles. The highest BCUT2D eigenvalue weighted by molar-refractivity contribution is 8.00. The van der Waals surface area contributed by atoms with Crippen LogP contribution in [0.2, 0.25) is 5.02 Å². The van der Waals surface area contributed by atoms with E-state index in [0.717, 1.165) is 5.52 Å². The molecule has 0 bridgehead atoms. The molecule has 2 rings (SSSR count). The highest BCUT2D eigenvalue weighted by Gasteiger charge is 2.17. The van der Waals surface area contributed by atoms with Crippen LogP contribution in [0.5, 0.6) is 0 Å². The first-order chi connectivity index (χ1) is 9.60. The number of fused-ring (bicyclic) bond motifs is 1. The molecule has 20 heavy (non-hydrogen) atoms. The molecular formula is C13H15ClN2O3S. The van der Waals surface area contributed by atoms with Crippen molar-refractivity contribution in [2.75, 3.05) is 20.3 Å². The van der Waals surface area contributed by atoms with Gasteiger partial charge in [-0.25, -0.2) is 4.98 Å². The number of rotatable bonds is 6. The minimum absolute atomic E-state index is 0.0765. The maximum absolute atomic E-state index is 11.8. The molecule has 1 amide bonds. The Morgan fingerprint density at radius 1 is 1.60 bits per heavy atom. The number of halogens is 1. The standard InChI is InChI=1S/C13H15ClN2O3S/c1-8(12(17)15-5-6-18-2)20-13-16-10-4-3-9(14)7-11(10)19-13/h3-4,7-8H,5-6H2,1-2H3,(H,15,17)/t8-/m0/s1. The second-order valence-electron chi connectivity index (χ2n) is 4.14. The maximum Gasteiger partial charge on any atom is 0.257 e. The van der Waals surface area contributed by atoms with Crippen molar-refractivity contribution < 1.29 is 13.9 Å². The van der Waals surface area contributed by atoms with Gasteiger partial charge in [-0.3, -0.25) is 4.79 Å². The van der Waals surface area contributed by atoms with E-state index in [-0.39, 0.29) is 11.2 Å². The second-order valence-corrected chi connectivity index (χ2v) is 5.86. The van der Waals surface area contributed by atoms with Gasteiger partial charge in [0.15, 0.2) is 5.58 Å². The van der Waals surface area contributed by atoms with Crippen LogP contribution in [0.4, 0.5) is 0 Å². The molecule has 1 N–H and O–H groups in total. The third-order valence-corrected chi connectivity index (χ3v) is 3.76. The summed E-state index contributed by atoms with van der Waals surface area (Å²) in [5, 5.41) is 3.52. The number of hydrogen-bond acceptors (Lipinski definition) is 5. The number of aromatic nitrogens is 1. The predicted molar refractivity (Wildman–Crippen MR) is 79.2 cm³/mol. The van der Waals surface area contributed by atoms with Crippen LogP contribution in [0, 0.1) is 0 Å². The van der Waals surface area contributed by atoms with Crippen molar-refractivity contribution in [3.63, 3.8) is 0 Å². The summed E-state index contributed by atoms with van der Waals surface area (Å²) in [5.41, 5.74) is 1.34. The Hall–Kier alpha value is -1.24. The Bertz CT molecular complexity index is 602. The summed E-state index contributed by atoms with van der Waals surface area (Å²) in [6.45, 7) is 2.78. The van der Waals surface area contributed by atoms with Gasteiger partial charge in [0.1, 0.15) is 5.52 Å². The van der Waals surface area contributed by atoms with Crippen molar-refractivity contribution in [1.29, 1.82) is 0 Å². The van der Waals surface area contributed by atoms with E-state index in [1.807, 2.05) is 0 Å². The van der Waals surface area contributed by atoms with Gasteiger partial charge >= 0.3 is 0 Å². The van der Waals surface area contributed by atoms with E-state index in [4.69, 9.17) is 20.8 Å². The molecule has 0 aliphatic rings. The zero-order valence-corrected chi connectivity index (χ0v) is 12.8. The number of methoxy groups -OCH3 is 1. The summed E-state index contributed by atoms with van der Waals surface area (Å²) in [7, 11) is 1.59. The topological polar surface area (TPSA) is 64.4 Å². The fourth-order valence-electron chi connectivity index (χ4n) is 1.55. The van der Waals surface area contributed by atoms with Crippen LogP contribution in [-0.4, -0.2) is 36.4 Å². The Balaban J connectivity index is 1.98. The van der Waals surface area contributed by atoms with E-state index in [2.05, 4.69) is 10.3 Å². The van der Waals surface area contributed by atoms with E-state index < -0.39 is 0 Å². The Morgan fingerprint density at radius 3 is 3.15 bits per heavy atom. The molecule has 0 aliphatic heterocycles. The summed E-state index contributed by atoms with van der Waals surface area (Å²) in [6, 6.07) is 5.24. The second kappa shape index (κ2) is 6.97. The molecule has 2 aromatic rings. The van der Waals surface area contributed by atoms with Gasteiger partial charge in [0.2, 0.25) is 5.91 Å². The number of oxazole rings is 1. The minimum Gasteiger partial charge on any atom is -0.431 e. The molecule has 1 aromatic heterocycles. The first-order valence-electron chi connectivity index (χ1n) is 6.09. The monoisotopic (exact) mass is 314 g/mol. The predicted octanol–water partition coefficient (Wildman–Crippen LogP) is 2.72. The number of amides is 1. The van der Waals surface area contributed by atoms with Gasteiger partial charge in [-0.2, -0.15) is 0 Å². The number of hydrogen-bond donors (Lipinski definition) is 1. The van der Waals surface area contributed by atoms with Gasteiger partial charge < -0.3 is 14.5 Å². The molecule has 0 fully saturated rings. The summed E-state index contributed by atoms with van der Waals surface area (Å²) in [5.74, 6) is -0.0765. The summed E-state index contributed by atoms with van der Waals surface area (Å²) < 4.78 is 10.4. The number of nitrogens with one attached hydrogen (secondary N) is 1.